The molecule has 318 valence electrons. The Balaban J connectivity index is 0.000000253. The fraction of sp³-hybridized carbons (Fsp3) is 0.400. The second kappa shape index (κ2) is 18.0. The normalized spacial score (nSPS) is 14.9. The molecule has 1 aliphatic rings. The van der Waals surface area contributed by atoms with E-state index in [0.29, 0.717) is 82.4 Å². The number of rotatable bonds is 8. The first-order valence-corrected chi connectivity index (χ1v) is 19.5. The van der Waals surface area contributed by atoms with Crippen molar-refractivity contribution in [3.63, 3.8) is 0 Å². The molecule has 7 rings (SSSR count). The first kappa shape index (κ1) is 45.0. The molecule has 13 nitrogen and oxygen atoms in total. The number of aliphatic hydroxyl groups is 1. The zero-order chi connectivity index (χ0) is 42.9. The number of carbonyl (C=O) groups is 3. The topological polar surface area (TPSA) is 176 Å². The molecule has 6 aromatic rings. The Morgan fingerprint density at radius 3 is 1.63 bits per heavy atom. The largest absolute Gasteiger partial charge is 0.475 e. The number of aromatic nitrogens is 4. The molecule has 0 radical (unpaired) electrons. The lowest BCUT2D eigenvalue weighted by Crippen LogP contribution is -2.57. The second-order valence-electron chi connectivity index (χ2n) is 16.6. The monoisotopic (exact) mass is 826 g/mol. The summed E-state index contributed by atoms with van der Waals surface area (Å²) in [6.07, 6.45) is -0.695. The summed E-state index contributed by atoms with van der Waals surface area (Å²) >= 11 is 0. The zero-order valence-corrected chi connectivity index (χ0v) is 34.3. The number of benzene rings is 2. The second-order valence-corrected chi connectivity index (χ2v) is 16.6. The maximum absolute atomic E-state index is 13.4. The van der Waals surface area contributed by atoms with Gasteiger partial charge in [0.1, 0.15) is 28.8 Å². The maximum Gasteiger partial charge on any atom is 0.371 e. The van der Waals surface area contributed by atoms with Crippen LogP contribution in [-0.4, -0.2) is 89.5 Å². The zero-order valence-electron chi connectivity index (χ0n) is 34.3. The molecule has 1 fully saturated rings. The lowest BCUT2D eigenvalue weighted by molar-refractivity contribution is -0.145. The highest BCUT2D eigenvalue weighted by atomic mass is 19.1. The van der Waals surface area contributed by atoms with Gasteiger partial charge in [-0.05, 0) is 79.1 Å². The molecule has 2 atom stereocenters. The van der Waals surface area contributed by atoms with Gasteiger partial charge in [-0.3, -0.25) is 9.59 Å². The summed E-state index contributed by atoms with van der Waals surface area (Å²) in [6.45, 7) is 16.6. The average Bonchev–Trinajstić information content (AvgIpc) is 3.82. The van der Waals surface area contributed by atoms with Crippen LogP contribution in [0.5, 0.6) is 0 Å². The summed E-state index contributed by atoms with van der Waals surface area (Å²) in [4.78, 5) is 58.6. The highest BCUT2D eigenvalue weighted by molar-refractivity contribution is 5.96. The number of carboxylic acids is 1. The number of piperazine rings is 1. The van der Waals surface area contributed by atoms with Crippen molar-refractivity contribution >= 4 is 40.0 Å². The third-order valence-electron chi connectivity index (χ3n) is 9.80. The molecule has 0 aliphatic carbocycles. The van der Waals surface area contributed by atoms with Crippen LogP contribution in [0.15, 0.2) is 69.5 Å². The number of aromatic carboxylic acids is 1. The molecule has 5 heterocycles. The standard InChI is InChI=1S/C28H35FN4O4.C16H13FN2O3.CH4/c1-16(2)23-24-20(30-25(31-23)18-7-9-19(29)10-8-18)13-22(37-24)27(36)32-11-12-33(17(3)15-32)26(35)21(34)14-28(4,5)6;1-8(2)13-14-11(7-12(22-14)16(20)21)18-15(19-13)9-3-5-10(17)6-4-9;/h7-10,13,16-17,21,34H,11-12,14-15H2,1-6H3;3-8H,1-2H3,(H,20,21);1H4/t17-,21+;;/m0../s1. The Morgan fingerprint density at radius 1 is 0.767 bits per heavy atom. The van der Waals surface area contributed by atoms with Gasteiger partial charge in [-0.15, -0.1) is 0 Å². The smallest absolute Gasteiger partial charge is 0.371 e. The van der Waals surface area contributed by atoms with Crippen molar-refractivity contribution in [3.8, 4) is 22.8 Å². The summed E-state index contributed by atoms with van der Waals surface area (Å²) < 4.78 is 37.8. The number of fused-ring (bicyclic) bond motifs is 2. The number of halogens is 2. The lowest BCUT2D eigenvalue weighted by Gasteiger charge is -2.40. The van der Waals surface area contributed by atoms with Crippen molar-refractivity contribution in [1.29, 1.82) is 0 Å². The minimum atomic E-state index is -1.16. The van der Waals surface area contributed by atoms with E-state index < -0.39 is 12.1 Å². The summed E-state index contributed by atoms with van der Waals surface area (Å²) in [5.41, 5.74) is 4.20. The van der Waals surface area contributed by atoms with Crippen LogP contribution >= 0.6 is 0 Å². The molecule has 2 N–H and O–H groups in total. The van der Waals surface area contributed by atoms with Crippen LogP contribution < -0.4 is 0 Å². The highest BCUT2D eigenvalue weighted by Crippen LogP contribution is 2.31. The molecule has 2 aromatic carbocycles. The first-order valence-electron chi connectivity index (χ1n) is 19.5. The fourth-order valence-corrected chi connectivity index (χ4v) is 6.84. The summed E-state index contributed by atoms with van der Waals surface area (Å²) in [5.74, 6) is -1.57. The number of carboxylic acid groups (broad SMARTS) is 1. The Bertz CT molecular complexity index is 2490. The number of hydrogen-bond donors (Lipinski definition) is 2. The molecule has 0 unspecified atom stereocenters. The molecule has 0 saturated carbocycles. The Labute approximate surface area is 347 Å². The van der Waals surface area contributed by atoms with Gasteiger partial charge in [-0.25, -0.2) is 33.5 Å². The van der Waals surface area contributed by atoms with Crippen molar-refractivity contribution in [2.24, 2.45) is 5.41 Å². The molecule has 0 bridgehead atoms. The van der Waals surface area contributed by atoms with E-state index in [9.17, 15) is 28.3 Å². The number of aliphatic hydroxyl groups excluding tert-OH is 1. The van der Waals surface area contributed by atoms with Gasteiger partial charge in [0.2, 0.25) is 5.76 Å². The van der Waals surface area contributed by atoms with E-state index in [-0.39, 0.29) is 65.7 Å². The van der Waals surface area contributed by atoms with E-state index in [4.69, 9.17) is 13.9 Å². The molecular weight excluding hydrogens is 775 g/mol. The number of nitrogens with zero attached hydrogens (tertiary/aromatic N) is 6. The van der Waals surface area contributed by atoms with E-state index in [2.05, 4.69) is 19.9 Å². The summed E-state index contributed by atoms with van der Waals surface area (Å²) in [6, 6.07) is 14.5. The number of carbonyl (C=O) groups excluding carboxylic acids is 2. The van der Waals surface area contributed by atoms with Gasteiger partial charge in [0.05, 0.1) is 11.4 Å². The molecule has 1 aliphatic heterocycles. The first-order chi connectivity index (χ1) is 27.8. The fourth-order valence-electron chi connectivity index (χ4n) is 6.84. The van der Waals surface area contributed by atoms with Crippen LogP contribution in [0, 0.1) is 17.0 Å². The Kier molecular flexibility index (Phi) is 13.5. The summed E-state index contributed by atoms with van der Waals surface area (Å²) in [5, 5.41) is 19.5. The van der Waals surface area contributed by atoms with Crippen LogP contribution in [0.4, 0.5) is 8.78 Å². The van der Waals surface area contributed by atoms with Gasteiger partial charge in [0, 0.05) is 48.9 Å². The average molecular weight is 827 g/mol. The van der Waals surface area contributed by atoms with E-state index in [1.807, 2.05) is 55.4 Å². The van der Waals surface area contributed by atoms with E-state index >= 15 is 0 Å². The highest BCUT2D eigenvalue weighted by Gasteiger charge is 2.35. The molecular formula is C45H52F2N6O7. The van der Waals surface area contributed by atoms with Gasteiger partial charge >= 0.3 is 5.97 Å². The number of furan rings is 2. The van der Waals surface area contributed by atoms with Gasteiger partial charge in [-0.2, -0.15) is 0 Å². The predicted molar refractivity (Wildman–Crippen MR) is 223 cm³/mol. The van der Waals surface area contributed by atoms with Crippen LogP contribution in [0.2, 0.25) is 0 Å². The van der Waals surface area contributed by atoms with Crippen LogP contribution in [0.1, 0.15) is 114 Å². The minimum Gasteiger partial charge on any atom is -0.475 e. The Hall–Kier alpha value is -6.09. The van der Waals surface area contributed by atoms with Crippen molar-refractivity contribution in [3.05, 3.63) is 95.2 Å². The molecule has 0 spiro atoms. The van der Waals surface area contributed by atoms with E-state index in [1.165, 1.54) is 30.3 Å². The van der Waals surface area contributed by atoms with Crippen molar-refractivity contribution in [1.82, 2.24) is 29.7 Å². The summed E-state index contributed by atoms with van der Waals surface area (Å²) in [7, 11) is 0. The predicted octanol–water partition coefficient (Wildman–Crippen LogP) is 9.11. The molecule has 15 heteroatoms. The molecule has 60 heavy (non-hydrogen) atoms. The van der Waals surface area contributed by atoms with Gasteiger partial charge in [0.15, 0.2) is 28.6 Å². The van der Waals surface area contributed by atoms with Gasteiger partial charge in [-0.1, -0.05) is 55.9 Å². The number of amides is 2. The van der Waals surface area contributed by atoms with Crippen molar-refractivity contribution in [2.45, 2.75) is 93.2 Å². The molecule has 4 aromatic heterocycles. The van der Waals surface area contributed by atoms with Crippen LogP contribution in [-0.2, 0) is 4.79 Å². The molecule has 1 saturated heterocycles. The van der Waals surface area contributed by atoms with Crippen molar-refractivity contribution < 1.29 is 42.2 Å². The minimum absolute atomic E-state index is 0. The van der Waals surface area contributed by atoms with Gasteiger partial charge < -0.3 is 28.8 Å². The van der Waals surface area contributed by atoms with E-state index in [1.54, 1.807) is 40.1 Å². The van der Waals surface area contributed by atoms with Crippen LogP contribution in [0.3, 0.4) is 0 Å². The van der Waals surface area contributed by atoms with Crippen LogP contribution in [0.25, 0.3) is 45.0 Å². The van der Waals surface area contributed by atoms with Crippen molar-refractivity contribution in [2.75, 3.05) is 19.6 Å². The quantitative estimate of drug-likeness (QED) is 0.150. The third-order valence-corrected chi connectivity index (χ3v) is 9.80. The lowest BCUT2D eigenvalue weighted by atomic mass is 9.88. The number of hydrogen-bond acceptors (Lipinski definition) is 10. The maximum atomic E-state index is 13.4. The SMILES string of the molecule is C.CC(C)c1nc(-c2ccc(F)cc2)nc2cc(C(=O)N3CCN(C(=O)[C@H](O)CC(C)(C)C)[C@@H](C)C3)oc12.CC(C)c1nc(-c2ccc(F)cc2)nc2cc(C(=O)O)oc12. The van der Waals surface area contributed by atoms with E-state index in [0.717, 1.165) is 0 Å². The third kappa shape index (κ3) is 10.0. The molecule has 2 amide bonds. The Morgan fingerprint density at radius 2 is 1.22 bits per heavy atom. The van der Waals surface area contributed by atoms with Gasteiger partial charge in [0.25, 0.3) is 11.8 Å².